The minimum Gasteiger partial charge on any atom is -0.411 e. The van der Waals surface area contributed by atoms with Crippen molar-refractivity contribution in [2.75, 3.05) is 12.3 Å². The summed E-state index contributed by atoms with van der Waals surface area (Å²) < 4.78 is 5.57. The molecule has 0 aliphatic heterocycles. The monoisotopic (exact) mass is 376 g/mol. The number of aromatic nitrogens is 2. The topological polar surface area (TPSA) is 97.1 Å². The Bertz CT molecular complexity index is 774. The summed E-state index contributed by atoms with van der Waals surface area (Å²) in [4.78, 5) is 23.4. The zero-order valence-electron chi connectivity index (χ0n) is 15.5. The average Bonchev–Trinajstić information content (AvgIpc) is 3.04. The summed E-state index contributed by atoms with van der Waals surface area (Å²) in [6.45, 7) is 8.72. The van der Waals surface area contributed by atoms with Crippen molar-refractivity contribution in [3.05, 3.63) is 29.3 Å². The summed E-state index contributed by atoms with van der Waals surface area (Å²) in [5.74, 6) is 0.502. The van der Waals surface area contributed by atoms with Gasteiger partial charge in [-0.2, -0.15) is 0 Å². The van der Waals surface area contributed by atoms with Gasteiger partial charge in [-0.15, -0.1) is 10.2 Å². The number of benzene rings is 1. The van der Waals surface area contributed by atoms with Gasteiger partial charge in [-0.05, 0) is 49.4 Å². The maximum atomic E-state index is 11.8. The molecule has 1 aromatic carbocycles. The average molecular weight is 376 g/mol. The third-order valence-electron chi connectivity index (χ3n) is 3.75. The summed E-state index contributed by atoms with van der Waals surface area (Å²) >= 11 is 1.09. The minimum atomic E-state index is -0.488. The highest BCUT2D eigenvalue weighted by Crippen LogP contribution is 2.24. The van der Waals surface area contributed by atoms with Gasteiger partial charge < -0.3 is 9.73 Å². The van der Waals surface area contributed by atoms with E-state index in [9.17, 15) is 9.59 Å². The number of hydrogen-bond acceptors (Lipinski definition) is 6. The van der Waals surface area contributed by atoms with Crippen LogP contribution in [-0.2, 0) is 4.79 Å². The SMILES string of the molecule is Cc1ccc(-c2nnc(SCC(=O)NC(=O)NCCC(C)C)o2)cc1C. The summed E-state index contributed by atoms with van der Waals surface area (Å²) in [6.07, 6.45) is 0.861. The van der Waals surface area contributed by atoms with Crippen molar-refractivity contribution in [1.82, 2.24) is 20.8 Å². The number of aryl methyl sites for hydroxylation is 2. The van der Waals surface area contributed by atoms with E-state index in [1.165, 1.54) is 5.56 Å². The van der Waals surface area contributed by atoms with E-state index in [1.54, 1.807) is 0 Å². The van der Waals surface area contributed by atoms with E-state index in [-0.39, 0.29) is 11.0 Å². The van der Waals surface area contributed by atoms with Crippen LogP contribution in [-0.4, -0.2) is 34.4 Å². The second-order valence-corrected chi connectivity index (χ2v) is 7.37. The van der Waals surface area contributed by atoms with Crippen LogP contribution >= 0.6 is 11.8 Å². The molecule has 1 heterocycles. The third-order valence-corrected chi connectivity index (χ3v) is 4.57. The van der Waals surface area contributed by atoms with Crippen LogP contribution in [0.25, 0.3) is 11.5 Å². The molecular weight excluding hydrogens is 352 g/mol. The van der Waals surface area contributed by atoms with Crippen LogP contribution in [0.15, 0.2) is 27.8 Å². The number of nitrogens with one attached hydrogen (secondary N) is 2. The lowest BCUT2D eigenvalue weighted by atomic mass is 10.1. The zero-order chi connectivity index (χ0) is 19.1. The standard InChI is InChI=1S/C18H24N4O3S/c1-11(2)7-8-19-17(24)20-15(23)10-26-18-22-21-16(25-18)14-6-5-12(3)13(4)9-14/h5-6,9,11H,7-8,10H2,1-4H3,(H2,19,20,23,24). The van der Waals surface area contributed by atoms with Gasteiger partial charge >= 0.3 is 6.03 Å². The van der Waals surface area contributed by atoms with Gasteiger partial charge in [0, 0.05) is 12.1 Å². The Kier molecular flexibility index (Phi) is 7.20. The lowest BCUT2D eigenvalue weighted by Crippen LogP contribution is -2.40. The summed E-state index contributed by atoms with van der Waals surface area (Å²) in [6, 6.07) is 5.40. The Morgan fingerprint density at radius 2 is 1.96 bits per heavy atom. The minimum absolute atomic E-state index is 0.0200. The fourth-order valence-electron chi connectivity index (χ4n) is 2.07. The molecule has 0 saturated heterocycles. The van der Waals surface area contributed by atoms with E-state index >= 15 is 0 Å². The molecule has 0 aliphatic rings. The maximum absolute atomic E-state index is 11.8. The van der Waals surface area contributed by atoms with Crippen LogP contribution in [0.3, 0.4) is 0 Å². The van der Waals surface area contributed by atoms with Crippen LogP contribution in [0.5, 0.6) is 0 Å². The molecule has 26 heavy (non-hydrogen) atoms. The number of amides is 3. The van der Waals surface area contributed by atoms with Crippen LogP contribution < -0.4 is 10.6 Å². The molecule has 2 rings (SSSR count). The molecule has 7 nitrogen and oxygen atoms in total. The van der Waals surface area contributed by atoms with E-state index in [1.807, 2.05) is 32.0 Å². The second-order valence-electron chi connectivity index (χ2n) is 6.45. The van der Waals surface area contributed by atoms with Gasteiger partial charge in [0.2, 0.25) is 11.8 Å². The van der Waals surface area contributed by atoms with Crippen LogP contribution in [0, 0.1) is 19.8 Å². The van der Waals surface area contributed by atoms with Gasteiger partial charge in [0.25, 0.3) is 5.22 Å². The quantitative estimate of drug-likeness (QED) is 0.720. The summed E-state index contributed by atoms with van der Waals surface area (Å²) in [5, 5.41) is 13.1. The molecule has 0 atom stereocenters. The molecule has 1 aromatic heterocycles. The first-order chi connectivity index (χ1) is 12.3. The van der Waals surface area contributed by atoms with E-state index in [0.29, 0.717) is 18.4 Å². The van der Waals surface area contributed by atoms with Gasteiger partial charge in [0.05, 0.1) is 5.75 Å². The second kappa shape index (κ2) is 9.38. The van der Waals surface area contributed by atoms with Crippen molar-refractivity contribution in [2.45, 2.75) is 39.3 Å². The Morgan fingerprint density at radius 3 is 2.65 bits per heavy atom. The highest BCUT2D eigenvalue weighted by Gasteiger charge is 2.13. The number of carbonyl (C=O) groups is 2. The van der Waals surface area contributed by atoms with Gasteiger partial charge in [-0.3, -0.25) is 10.1 Å². The smallest absolute Gasteiger partial charge is 0.321 e. The first-order valence-corrected chi connectivity index (χ1v) is 9.45. The molecule has 2 N–H and O–H groups in total. The molecule has 3 amide bonds. The van der Waals surface area contributed by atoms with E-state index in [0.717, 1.165) is 29.3 Å². The molecule has 0 spiro atoms. The lowest BCUT2D eigenvalue weighted by molar-refractivity contribution is -0.117. The van der Waals surface area contributed by atoms with E-state index in [4.69, 9.17) is 4.42 Å². The van der Waals surface area contributed by atoms with Crippen LogP contribution in [0.2, 0.25) is 0 Å². The number of carbonyl (C=O) groups excluding carboxylic acids is 2. The maximum Gasteiger partial charge on any atom is 0.321 e. The van der Waals surface area contributed by atoms with E-state index < -0.39 is 11.9 Å². The molecule has 2 aromatic rings. The Balaban J connectivity index is 1.81. The Labute approximate surface area is 157 Å². The van der Waals surface area contributed by atoms with Crippen molar-refractivity contribution < 1.29 is 14.0 Å². The Morgan fingerprint density at radius 1 is 1.19 bits per heavy atom. The lowest BCUT2D eigenvalue weighted by Gasteiger charge is -2.07. The third kappa shape index (κ3) is 6.18. The highest BCUT2D eigenvalue weighted by molar-refractivity contribution is 7.99. The van der Waals surface area contributed by atoms with Crippen molar-refractivity contribution in [3.8, 4) is 11.5 Å². The van der Waals surface area contributed by atoms with Crippen molar-refractivity contribution in [3.63, 3.8) is 0 Å². The van der Waals surface area contributed by atoms with E-state index in [2.05, 4.69) is 34.7 Å². The first-order valence-electron chi connectivity index (χ1n) is 8.46. The fraction of sp³-hybridized carbons (Fsp3) is 0.444. The normalized spacial score (nSPS) is 10.8. The number of hydrogen-bond donors (Lipinski definition) is 2. The molecule has 0 aliphatic carbocycles. The van der Waals surface area contributed by atoms with Crippen molar-refractivity contribution >= 4 is 23.7 Å². The van der Waals surface area contributed by atoms with Gasteiger partial charge in [0.15, 0.2) is 0 Å². The fourth-order valence-corrected chi connectivity index (χ4v) is 2.63. The summed E-state index contributed by atoms with van der Waals surface area (Å²) in [7, 11) is 0. The Hall–Kier alpha value is -2.35. The molecular formula is C18H24N4O3S. The van der Waals surface area contributed by atoms with Gasteiger partial charge in [-0.1, -0.05) is 31.7 Å². The summed E-state index contributed by atoms with van der Waals surface area (Å²) in [5.41, 5.74) is 3.16. The number of rotatable bonds is 7. The number of thioether (sulfide) groups is 1. The molecule has 0 saturated carbocycles. The van der Waals surface area contributed by atoms with Gasteiger partial charge in [-0.25, -0.2) is 4.79 Å². The first kappa shape index (κ1) is 20.0. The van der Waals surface area contributed by atoms with Gasteiger partial charge in [0.1, 0.15) is 0 Å². The number of urea groups is 1. The molecule has 0 fully saturated rings. The zero-order valence-corrected chi connectivity index (χ0v) is 16.3. The largest absolute Gasteiger partial charge is 0.411 e. The predicted molar refractivity (Wildman–Crippen MR) is 101 cm³/mol. The molecule has 0 bridgehead atoms. The molecule has 140 valence electrons. The molecule has 0 radical (unpaired) electrons. The molecule has 8 heteroatoms. The predicted octanol–water partition coefficient (Wildman–Crippen LogP) is 3.32. The highest BCUT2D eigenvalue weighted by atomic mass is 32.2. The van der Waals surface area contributed by atoms with Crippen LogP contribution in [0.1, 0.15) is 31.4 Å². The van der Waals surface area contributed by atoms with Crippen LogP contribution in [0.4, 0.5) is 4.79 Å². The number of nitrogens with zero attached hydrogens (tertiary/aromatic N) is 2. The number of imide groups is 1. The van der Waals surface area contributed by atoms with Crippen molar-refractivity contribution in [2.24, 2.45) is 5.92 Å². The molecule has 0 unspecified atom stereocenters. The van der Waals surface area contributed by atoms with Crippen molar-refractivity contribution in [1.29, 1.82) is 0 Å².